The van der Waals surface area contributed by atoms with Gasteiger partial charge in [0.25, 0.3) is 0 Å². The third-order valence-electron chi connectivity index (χ3n) is 6.04. The van der Waals surface area contributed by atoms with Crippen molar-refractivity contribution in [2.45, 2.75) is 84.1 Å². The van der Waals surface area contributed by atoms with Crippen molar-refractivity contribution in [3.8, 4) is 11.3 Å². The topological polar surface area (TPSA) is 16.8 Å². The number of aryl methyl sites for hydroxylation is 1. The summed E-state index contributed by atoms with van der Waals surface area (Å²) in [5, 5.41) is 0. The van der Waals surface area contributed by atoms with Crippen LogP contribution >= 0.6 is 0 Å². The average molecular weight is 416 g/mol. The molecule has 31 heavy (non-hydrogen) atoms. The first-order valence-corrected chi connectivity index (χ1v) is 12.3. The van der Waals surface area contributed by atoms with Gasteiger partial charge < -0.3 is 0 Å². The Morgan fingerprint density at radius 1 is 0.677 bits per heavy atom. The lowest BCUT2D eigenvalue weighted by Crippen LogP contribution is -2.33. The zero-order chi connectivity index (χ0) is 21.6. The van der Waals surface area contributed by atoms with E-state index in [0.29, 0.717) is 0 Å². The van der Waals surface area contributed by atoms with Crippen molar-refractivity contribution in [3.05, 3.63) is 84.3 Å². The Hall–Kier alpha value is -2.48. The van der Waals surface area contributed by atoms with E-state index in [4.69, 9.17) is 0 Å². The van der Waals surface area contributed by atoms with Crippen LogP contribution in [-0.4, -0.2) is 4.98 Å². The lowest BCUT2D eigenvalue weighted by molar-refractivity contribution is -0.688. The van der Waals surface area contributed by atoms with E-state index in [0.717, 1.165) is 12.2 Å². The van der Waals surface area contributed by atoms with Gasteiger partial charge in [0.05, 0.1) is 6.20 Å². The van der Waals surface area contributed by atoms with Gasteiger partial charge in [-0.05, 0) is 18.4 Å². The normalized spacial score (nSPS) is 11.0. The molecule has 2 aromatic carbocycles. The van der Waals surface area contributed by atoms with Gasteiger partial charge in [-0.1, -0.05) is 119 Å². The second kappa shape index (κ2) is 13.7. The van der Waals surface area contributed by atoms with Gasteiger partial charge in [-0.2, -0.15) is 4.57 Å². The molecule has 1 heterocycles. The maximum absolute atomic E-state index is 4.59. The van der Waals surface area contributed by atoms with Crippen LogP contribution in [0.2, 0.25) is 0 Å². The van der Waals surface area contributed by atoms with Crippen LogP contribution in [-0.2, 0) is 13.0 Å². The summed E-state index contributed by atoms with van der Waals surface area (Å²) in [5.41, 5.74) is 4.96. The highest BCUT2D eigenvalue weighted by molar-refractivity contribution is 5.57. The summed E-state index contributed by atoms with van der Waals surface area (Å²) >= 11 is 0. The van der Waals surface area contributed by atoms with Gasteiger partial charge in [-0.15, -0.1) is 0 Å². The lowest BCUT2D eigenvalue weighted by Gasteiger charge is -2.05. The van der Waals surface area contributed by atoms with Crippen LogP contribution in [0.25, 0.3) is 11.3 Å². The minimum atomic E-state index is 0.868. The minimum absolute atomic E-state index is 0.868. The second-order valence-corrected chi connectivity index (χ2v) is 8.73. The Balaban J connectivity index is 1.39. The molecule has 0 radical (unpaired) electrons. The van der Waals surface area contributed by atoms with Crippen LogP contribution in [0.15, 0.2) is 73.2 Å². The molecule has 164 valence electrons. The fraction of sp³-hybridized carbons (Fsp3) is 0.448. The molecule has 0 saturated heterocycles. The van der Waals surface area contributed by atoms with E-state index in [9.17, 15) is 0 Å². The number of unbranched alkanes of at least 4 members (excludes halogenated alkanes) is 9. The summed E-state index contributed by atoms with van der Waals surface area (Å²) in [6.45, 7) is 3.15. The number of hydrogen-bond donors (Lipinski definition) is 0. The maximum atomic E-state index is 4.59. The molecule has 2 heteroatoms. The minimum Gasteiger partial charge on any atom is -0.244 e. The molecule has 1 aromatic heterocycles. The second-order valence-electron chi connectivity index (χ2n) is 8.73. The SMILES string of the molecule is CCCCCCCCCCCCc1ccc(-c2c[n+](Cc3ccccc3)ccn2)cc1. The molecule has 0 atom stereocenters. The van der Waals surface area contributed by atoms with Crippen molar-refractivity contribution in [1.82, 2.24) is 4.98 Å². The fourth-order valence-corrected chi connectivity index (χ4v) is 4.13. The quantitative estimate of drug-likeness (QED) is 0.196. The molecule has 0 saturated carbocycles. The van der Waals surface area contributed by atoms with E-state index in [1.54, 1.807) is 0 Å². The van der Waals surface area contributed by atoms with Crippen molar-refractivity contribution in [2.75, 3.05) is 0 Å². The predicted octanol–water partition coefficient (Wildman–Crippen LogP) is 7.55. The molecular formula is C29H39N2+. The molecule has 0 N–H and O–H groups in total. The molecule has 0 unspecified atom stereocenters. The Morgan fingerprint density at radius 2 is 1.32 bits per heavy atom. The molecule has 0 aliphatic carbocycles. The van der Waals surface area contributed by atoms with E-state index in [1.165, 1.54) is 87.3 Å². The van der Waals surface area contributed by atoms with Crippen LogP contribution in [0, 0.1) is 0 Å². The molecule has 0 fully saturated rings. The van der Waals surface area contributed by atoms with Gasteiger partial charge in [0.2, 0.25) is 0 Å². The average Bonchev–Trinajstić information content (AvgIpc) is 2.81. The molecule has 0 bridgehead atoms. The first kappa shape index (κ1) is 23.2. The van der Waals surface area contributed by atoms with Crippen LogP contribution in [0.4, 0.5) is 0 Å². The third-order valence-corrected chi connectivity index (χ3v) is 6.04. The number of rotatable bonds is 14. The standard InChI is InChI=1S/C29H39N2/c1-2-3-4-5-6-7-8-9-10-12-15-26-18-20-28(21-19-26)29-25-31(23-22-30-29)24-27-16-13-11-14-17-27/h11,13-14,16-23,25H,2-10,12,15,24H2,1H3/q+1. The molecule has 3 aromatic rings. The number of nitrogens with zero attached hydrogens (tertiary/aromatic N) is 2. The highest BCUT2D eigenvalue weighted by Gasteiger charge is 2.07. The highest BCUT2D eigenvalue weighted by atomic mass is 15.0. The van der Waals surface area contributed by atoms with Crippen LogP contribution in [0.3, 0.4) is 0 Å². The number of aromatic nitrogens is 2. The molecule has 0 aliphatic heterocycles. The van der Waals surface area contributed by atoms with E-state index < -0.39 is 0 Å². The lowest BCUT2D eigenvalue weighted by atomic mass is 10.0. The van der Waals surface area contributed by atoms with Crippen LogP contribution in [0.5, 0.6) is 0 Å². The fourth-order valence-electron chi connectivity index (χ4n) is 4.13. The van der Waals surface area contributed by atoms with E-state index in [1.807, 2.05) is 12.4 Å². The molecule has 0 aliphatic rings. The van der Waals surface area contributed by atoms with E-state index >= 15 is 0 Å². The summed E-state index contributed by atoms with van der Waals surface area (Å²) in [6.07, 6.45) is 21.2. The zero-order valence-corrected chi connectivity index (χ0v) is 19.3. The van der Waals surface area contributed by atoms with Gasteiger partial charge in [0.15, 0.2) is 18.9 Å². The number of hydrogen-bond acceptors (Lipinski definition) is 1. The first-order chi connectivity index (χ1) is 15.3. The van der Waals surface area contributed by atoms with Gasteiger partial charge in [-0.25, -0.2) is 4.98 Å². The monoisotopic (exact) mass is 415 g/mol. The van der Waals surface area contributed by atoms with Gasteiger partial charge in [0, 0.05) is 11.1 Å². The Bertz CT molecular complexity index is 855. The van der Waals surface area contributed by atoms with E-state index in [2.05, 4.69) is 77.3 Å². The summed E-state index contributed by atoms with van der Waals surface area (Å²) in [7, 11) is 0. The summed E-state index contributed by atoms with van der Waals surface area (Å²) in [5.74, 6) is 0. The summed E-state index contributed by atoms with van der Waals surface area (Å²) in [4.78, 5) is 4.59. The molecule has 0 spiro atoms. The zero-order valence-electron chi connectivity index (χ0n) is 19.3. The Morgan fingerprint density at radius 3 is 2.00 bits per heavy atom. The van der Waals surface area contributed by atoms with Gasteiger partial charge >= 0.3 is 0 Å². The Kier molecular flexibility index (Phi) is 10.3. The third kappa shape index (κ3) is 8.65. The van der Waals surface area contributed by atoms with Crippen molar-refractivity contribution < 1.29 is 4.57 Å². The largest absolute Gasteiger partial charge is 0.244 e. The van der Waals surface area contributed by atoms with Crippen molar-refractivity contribution in [2.24, 2.45) is 0 Å². The van der Waals surface area contributed by atoms with Crippen LogP contribution in [0.1, 0.15) is 82.3 Å². The Labute approximate surface area is 189 Å². The molecule has 3 rings (SSSR count). The first-order valence-electron chi connectivity index (χ1n) is 12.3. The van der Waals surface area contributed by atoms with Crippen molar-refractivity contribution in [3.63, 3.8) is 0 Å². The van der Waals surface area contributed by atoms with E-state index in [-0.39, 0.29) is 0 Å². The summed E-state index contributed by atoms with van der Waals surface area (Å²) < 4.78 is 2.20. The molecule has 2 nitrogen and oxygen atoms in total. The van der Waals surface area contributed by atoms with Crippen LogP contribution < -0.4 is 4.57 Å². The van der Waals surface area contributed by atoms with Gasteiger partial charge in [0.1, 0.15) is 5.69 Å². The maximum Gasteiger partial charge on any atom is 0.195 e. The van der Waals surface area contributed by atoms with Crippen molar-refractivity contribution in [1.29, 1.82) is 0 Å². The smallest absolute Gasteiger partial charge is 0.195 e. The highest BCUT2D eigenvalue weighted by Crippen LogP contribution is 2.18. The van der Waals surface area contributed by atoms with Crippen molar-refractivity contribution >= 4 is 0 Å². The number of benzene rings is 2. The summed E-state index contributed by atoms with van der Waals surface area (Å²) in [6, 6.07) is 19.6. The molecule has 0 amide bonds. The molecular weight excluding hydrogens is 376 g/mol. The predicted molar refractivity (Wildman–Crippen MR) is 131 cm³/mol. The van der Waals surface area contributed by atoms with Gasteiger partial charge in [-0.3, -0.25) is 0 Å².